The fourth-order valence-corrected chi connectivity index (χ4v) is 3.16. The van der Waals surface area contributed by atoms with E-state index in [1.165, 1.54) is 4.88 Å². The van der Waals surface area contributed by atoms with Crippen molar-refractivity contribution in [2.45, 2.75) is 19.5 Å². The first-order valence-electron chi connectivity index (χ1n) is 8.49. The third kappa shape index (κ3) is 7.41. The number of halogens is 3. The smallest absolute Gasteiger partial charge is 0.356 e. The van der Waals surface area contributed by atoms with Gasteiger partial charge in [0.25, 0.3) is 0 Å². The van der Waals surface area contributed by atoms with Crippen molar-refractivity contribution in [3.8, 4) is 0 Å². The van der Waals surface area contributed by atoms with Crippen LogP contribution in [0.2, 0.25) is 0 Å². The van der Waals surface area contributed by atoms with Crippen LogP contribution in [-0.4, -0.2) is 42.6 Å². The summed E-state index contributed by atoms with van der Waals surface area (Å²) >= 11 is 1.74. The average molecular weight is 400 g/mol. The Balaban J connectivity index is 1.69. The van der Waals surface area contributed by atoms with E-state index in [0.29, 0.717) is 25.0 Å². The van der Waals surface area contributed by atoms with Crippen molar-refractivity contribution in [1.82, 2.24) is 20.6 Å². The van der Waals surface area contributed by atoms with E-state index in [0.717, 1.165) is 25.2 Å². The summed E-state index contributed by atoms with van der Waals surface area (Å²) in [6, 6.07) is 5.00. The predicted molar refractivity (Wildman–Crippen MR) is 102 cm³/mol. The minimum Gasteiger partial charge on any atom is -0.356 e. The second kappa shape index (κ2) is 10.1. The van der Waals surface area contributed by atoms with Gasteiger partial charge < -0.3 is 16.0 Å². The summed E-state index contributed by atoms with van der Waals surface area (Å²) in [6.45, 7) is 3.74. The van der Waals surface area contributed by atoms with E-state index in [-0.39, 0.29) is 5.95 Å². The normalized spacial score (nSPS) is 13.3. The molecule has 3 N–H and O–H groups in total. The highest BCUT2D eigenvalue weighted by atomic mass is 32.1. The number of aromatic nitrogens is 2. The quantitative estimate of drug-likeness (QED) is 0.361. The number of hydrogen-bond donors (Lipinski definition) is 3. The lowest BCUT2D eigenvalue weighted by atomic mass is 10.1. The van der Waals surface area contributed by atoms with Crippen LogP contribution in [0.1, 0.15) is 17.5 Å². The lowest BCUT2D eigenvalue weighted by Gasteiger charge is -2.16. The van der Waals surface area contributed by atoms with E-state index >= 15 is 0 Å². The van der Waals surface area contributed by atoms with Crippen LogP contribution in [0.15, 0.2) is 34.8 Å². The van der Waals surface area contributed by atoms with Crippen LogP contribution in [0.3, 0.4) is 0 Å². The molecule has 0 aliphatic heterocycles. The zero-order valence-electron chi connectivity index (χ0n) is 15.2. The van der Waals surface area contributed by atoms with Gasteiger partial charge in [-0.15, -0.1) is 11.3 Å². The van der Waals surface area contributed by atoms with Crippen molar-refractivity contribution in [3.63, 3.8) is 0 Å². The molecule has 2 rings (SSSR count). The lowest BCUT2D eigenvalue weighted by molar-refractivity contribution is -0.141. The Labute approximate surface area is 160 Å². The summed E-state index contributed by atoms with van der Waals surface area (Å²) in [5, 5.41) is 11.2. The summed E-state index contributed by atoms with van der Waals surface area (Å²) in [7, 11) is 1.67. The van der Waals surface area contributed by atoms with Crippen molar-refractivity contribution in [2.24, 2.45) is 10.9 Å². The molecule has 27 heavy (non-hydrogen) atoms. The zero-order chi connectivity index (χ0) is 19.7. The minimum atomic E-state index is -4.48. The van der Waals surface area contributed by atoms with Crippen LogP contribution in [0.4, 0.5) is 19.1 Å². The van der Waals surface area contributed by atoms with Gasteiger partial charge in [-0.2, -0.15) is 13.2 Å². The highest BCUT2D eigenvalue weighted by Crippen LogP contribution is 2.27. The molecule has 0 aromatic carbocycles. The molecule has 0 radical (unpaired) electrons. The molecule has 0 aliphatic rings. The molecule has 0 spiro atoms. The van der Waals surface area contributed by atoms with Gasteiger partial charge in [-0.1, -0.05) is 13.0 Å². The third-order valence-corrected chi connectivity index (χ3v) is 4.52. The fourth-order valence-electron chi connectivity index (χ4n) is 2.29. The molecule has 0 fully saturated rings. The number of alkyl halides is 3. The molecule has 0 saturated heterocycles. The molecule has 2 aromatic heterocycles. The Morgan fingerprint density at radius 3 is 2.74 bits per heavy atom. The van der Waals surface area contributed by atoms with E-state index < -0.39 is 11.9 Å². The maximum atomic E-state index is 12.6. The Hall–Kier alpha value is -2.36. The van der Waals surface area contributed by atoms with E-state index in [4.69, 9.17) is 0 Å². The Bertz CT molecular complexity index is 718. The maximum Gasteiger partial charge on any atom is 0.433 e. The molecule has 2 aromatic rings. The summed E-state index contributed by atoms with van der Waals surface area (Å²) in [5.74, 6) is 1.03. The summed E-state index contributed by atoms with van der Waals surface area (Å²) < 4.78 is 37.9. The minimum absolute atomic E-state index is 0.0564. The van der Waals surface area contributed by atoms with Crippen molar-refractivity contribution in [3.05, 3.63) is 40.3 Å². The van der Waals surface area contributed by atoms with Crippen LogP contribution < -0.4 is 16.0 Å². The average Bonchev–Trinajstić information content (AvgIpc) is 3.13. The largest absolute Gasteiger partial charge is 0.433 e. The number of guanidine groups is 1. The SMILES string of the molecule is CN=C(NCCNc1nccc(C(F)(F)F)n1)NCC(C)Cc1cccs1. The van der Waals surface area contributed by atoms with Crippen molar-refractivity contribution in [1.29, 1.82) is 0 Å². The molecule has 10 heteroatoms. The van der Waals surface area contributed by atoms with E-state index in [1.807, 2.05) is 6.07 Å². The van der Waals surface area contributed by atoms with Crippen LogP contribution >= 0.6 is 11.3 Å². The Morgan fingerprint density at radius 1 is 1.26 bits per heavy atom. The monoisotopic (exact) mass is 400 g/mol. The van der Waals surface area contributed by atoms with E-state index in [1.54, 1.807) is 18.4 Å². The predicted octanol–water partition coefficient (Wildman–Crippen LogP) is 3.01. The number of hydrogen-bond acceptors (Lipinski definition) is 5. The lowest BCUT2D eigenvalue weighted by Crippen LogP contribution is -2.41. The van der Waals surface area contributed by atoms with E-state index in [9.17, 15) is 13.2 Å². The van der Waals surface area contributed by atoms with Crippen molar-refractivity contribution >= 4 is 23.2 Å². The van der Waals surface area contributed by atoms with Gasteiger partial charge in [0.05, 0.1) is 0 Å². The first-order valence-corrected chi connectivity index (χ1v) is 9.37. The Morgan fingerprint density at radius 2 is 2.07 bits per heavy atom. The molecule has 0 aliphatic carbocycles. The Kier molecular flexibility index (Phi) is 7.83. The molecular weight excluding hydrogens is 377 g/mol. The van der Waals surface area contributed by atoms with Gasteiger partial charge in [-0.05, 0) is 29.9 Å². The topological polar surface area (TPSA) is 74.2 Å². The molecule has 1 unspecified atom stereocenters. The highest BCUT2D eigenvalue weighted by Gasteiger charge is 2.32. The first-order chi connectivity index (χ1) is 12.9. The van der Waals surface area contributed by atoms with Crippen molar-refractivity contribution in [2.75, 3.05) is 32.0 Å². The molecule has 0 bridgehead atoms. The van der Waals surface area contributed by atoms with Crippen molar-refractivity contribution < 1.29 is 13.2 Å². The molecule has 0 saturated carbocycles. The van der Waals surface area contributed by atoms with Gasteiger partial charge in [0, 0.05) is 37.8 Å². The van der Waals surface area contributed by atoms with Gasteiger partial charge in [0.2, 0.25) is 5.95 Å². The van der Waals surface area contributed by atoms with Crippen LogP contribution in [0.25, 0.3) is 0 Å². The third-order valence-electron chi connectivity index (χ3n) is 3.62. The van der Waals surface area contributed by atoms with Gasteiger partial charge in [-0.25, -0.2) is 9.97 Å². The van der Waals surface area contributed by atoms with Crippen LogP contribution in [0.5, 0.6) is 0 Å². The zero-order valence-corrected chi connectivity index (χ0v) is 16.0. The second-order valence-corrected chi connectivity index (χ2v) is 6.99. The number of aliphatic imine (C=N–C) groups is 1. The van der Waals surface area contributed by atoms with Gasteiger partial charge in [0.1, 0.15) is 5.69 Å². The summed E-state index contributed by atoms with van der Waals surface area (Å²) in [4.78, 5) is 12.7. The standard InChI is InChI=1S/C17H23F3N6S/c1-12(10-13-4-3-9-27-13)11-25-15(21-2)23-7-8-24-16-22-6-5-14(26-16)17(18,19)20/h3-6,9,12H,7-8,10-11H2,1-2H3,(H2,21,23,25)(H,22,24,26). The molecule has 148 valence electrons. The number of nitrogens with zero attached hydrogens (tertiary/aromatic N) is 3. The highest BCUT2D eigenvalue weighted by molar-refractivity contribution is 7.09. The fraction of sp³-hybridized carbons (Fsp3) is 0.471. The first kappa shape index (κ1) is 20.9. The second-order valence-electron chi connectivity index (χ2n) is 5.96. The number of anilines is 1. The molecule has 6 nitrogen and oxygen atoms in total. The molecule has 1 atom stereocenters. The van der Waals surface area contributed by atoms with Crippen LogP contribution in [-0.2, 0) is 12.6 Å². The van der Waals surface area contributed by atoms with Gasteiger partial charge in [0.15, 0.2) is 5.96 Å². The molecule has 0 amide bonds. The maximum absolute atomic E-state index is 12.6. The van der Waals surface area contributed by atoms with Crippen LogP contribution in [0, 0.1) is 5.92 Å². The number of thiophene rings is 1. The van der Waals surface area contributed by atoms with Gasteiger partial charge in [-0.3, -0.25) is 4.99 Å². The molecular formula is C17H23F3N6S. The number of nitrogens with one attached hydrogen (secondary N) is 3. The van der Waals surface area contributed by atoms with Gasteiger partial charge >= 0.3 is 6.18 Å². The number of rotatable bonds is 8. The van der Waals surface area contributed by atoms with E-state index in [2.05, 4.69) is 49.3 Å². The molecule has 2 heterocycles. The summed E-state index contributed by atoms with van der Waals surface area (Å²) in [5.41, 5.74) is -0.967. The summed E-state index contributed by atoms with van der Waals surface area (Å²) in [6.07, 6.45) is -2.40.